The van der Waals surface area contributed by atoms with E-state index in [-0.39, 0.29) is 23.8 Å². The van der Waals surface area contributed by atoms with Gasteiger partial charge in [-0.1, -0.05) is 44.5 Å². The van der Waals surface area contributed by atoms with E-state index in [9.17, 15) is 4.79 Å². The van der Waals surface area contributed by atoms with Gasteiger partial charge in [-0.2, -0.15) is 0 Å². The summed E-state index contributed by atoms with van der Waals surface area (Å²) >= 11 is 6.30. The highest BCUT2D eigenvalue weighted by molar-refractivity contribution is 6.31. The Morgan fingerprint density at radius 3 is 2.60 bits per heavy atom. The molecule has 1 aromatic heterocycles. The monoisotopic (exact) mass is 498 g/mol. The number of aromatic nitrogens is 1. The Bertz CT molecular complexity index is 1190. The van der Waals surface area contributed by atoms with Crippen LogP contribution in [0.5, 0.6) is 5.75 Å². The molecular formula is C27H31ClN2O5. The molecule has 8 heteroatoms. The van der Waals surface area contributed by atoms with E-state index in [4.69, 9.17) is 30.5 Å². The average molecular weight is 499 g/mol. The summed E-state index contributed by atoms with van der Waals surface area (Å²) in [6, 6.07) is 13.4. The number of hydrogen-bond acceptors (Lipinski definition) is 5. The second-order valence-corrected chi connectivity index (χ2v) is 10.7. The lowest BCUT2D eigenvalue weighted by atomic mass is 9.92. The van der Waals surface area contributed by atoms with Crippen LogP contribution >= 0.6 is 11.6 Å². The summed E-state index contributed by atoms with van der Waals surface area (Å²) in [4.78, 5) is 18.6. The van der Waals surface area contributed by atoms with Gasteiger partial charge in [0.05, 0.1) is 19.8 Å². The smallest absolute Gasteiger partial charge is 0.410 e. The van der Waals surface area contributed by atoms with Crippen LogP contribution in [0.3, 0.4) is 0 Å². The Morgan fingerprint density at radius 1 is 1.14 bits per heavy atom. The molecule has 5 rings (SSSR count). The molecule has 0 aliphatic carbocycles. The normalized spacial score (nSPS) is 18.6. The Hall–Kier alpha value is -2.74. The lowest BCUT2D eigenvalue weighted by Gasteiger charge is -2.36. The van der Waals surface area contributed by atoms with E-state index >= 15 is 0 Å². The third-order valence-electron chi connectivity index (χ3n) is 6.22. The van der Waals surface area contributed by atoms with Gasteiger partial charge in [0.2, 0.25) is 0 Å². The SMILES string of the molecule is CC(C)(C)COC(=O)N1CCc2c([nH]c3ccc(Cl)cc23)C1c1ccc(OCC2OCCO2)cc1. The van der Waals surface area contributed by atoms with Crippen LogP contribution in [0.25, 0.3) is 10.9 Å². The van der Waals surface area contributed by atoms with Gasteiger partial charge in [-0.15, -0.1) is 0 Å². The predicted octanol–water partition coefficient (Wildman–Crippen LogP) is 5.70. The van der Waals surface area contributed by atoms with Crippen molar-refractivity contribution in [2.24, 2.45) is 5.41 Å². The second kappa shape index (κ2) is 9.72. The first-order chi connectivity index (χ1) is 16.8. The summed E-state index contributed by atoms with van der Waals surface area (Å²) in [7, 11) is 0. The summed E-state index contributed by atoms with van der Waals surface area (Å²) in [6.07, 6.45) is 0.0734. The van der Waals surface area contributed by atoms with Gasteiger partial charge in [0, 0.05) is 28.2 Å². The minimum absolute atomic E-state index is 0.115. The van der Waals surface area contributed by atoms with Gasteiger partial charge in [-0.25, -0.2) is 4.79 Å². The van der Waals surface area contributed by atoms with Crippen molar-refractivity contribution in [2.45, 2.75) is 39.5 Å². The van der Waals surface area contributed by atoms with Crippen molar-refractivity contribution >= 4 is 28.6 Å². The number of nitrogens with one attached hydrogen (secondary N) is 1. The van der Waals surface area contributed by atoms with Crippen LogP contribution in [-0.4, -0.2) is 55.2 Å². The number of carbonyl (C=O) groups excluding carboxylic acids is 1. The van der Waals surface area contributed by atoms with Crippen molar-refractivity contribution in [3.05, 3.63) is 64.3 Å². The minimum Gasteiger partial charge on any atom is -0.488 e. The second-order valence-electron chi connectivity index (χ2n) is 10.2. The van der Waals surface area contributed by atoms with Crippen LogP contribution < -0.4 is 4.74 Å². The van der Waals surface area contributed by atoms with Gasteiger partial charge in [0.1, 0.15) is 18.4 Å². The largest absolute Gasteiger partial charge is 0.488 e. The molecule has 0 saturated carbocycles. The van der Waals surface area contributed by atoms with Crippen LogP contribution in [0, 0.1) is 5.41 Å². The molecule has 35 heavy (non-hydrogen) atoms. The Kier molecular flexibility index (Phi) is 6.66. The summed E-state index contributed by atoms with van der Waals surface area (Å²) < 4.78 is 22.4. The molecule has 7 nitrogen and oxygen atoms in total. The molecule has 3 heterocycles. The van der Waals surface area contributed by atoms with E-state index in [0.717, 1.165) is 28.6 Å². The highest BCUT2D eigenvalue weighted by Gasteiger charge is 2.36. The zero-order valence-electron chi connectivity index (χ0n) is 20.3. The lowest BCUT2D eigenvalue weighted by Crippen LogP contribution is -2.41. The van der Waals surface area contributed by atoms with Gasteiger partial charge < -0.3 is 23.9 Å². The zero-order chi connectivity index (χ0) is 24.6. The van der Waals surface area contributed by atoms with E-state index in [1.807, 2.05) is 63.2 Å². The number of nitrogens with zero attached hydrogens (tertiary/aromatic N) is 1. The van der Waals surface area contributed by atoms with Crippen molar-refractivity contribution in [1.82, 2.24) is 9.88 Å². The maximum Gasteiger partial charge on any atom is 0.410 e. The predicted molar refractivity (Wildman–Crippen MR) is 134 cm³/mol. The molecule has 2 aliphatic rings. The number of rotatable bonds is 5. The molecule has 1 amide bonds. The van der Waals surface area contributed by atoms with Crippen molar-refractivity contribution in [3.8, 4) is 5.75 Å². The maximum atomic E-state index is 13.2. The Labute approximate surface area is 210 Å². The summed E-state index contributed by atoms with van der Waals surface area (Å²) in [5, 5.41) is 1.79. The van der Waals surface area contributed by atoms with Gasteiger partial charge in [-0.3, -0.25) is 4.90 Å². The first kappa shape index (κ1) is 24.0. The molecule has 0 bridgehead atoms. The van der Waals surface area contributed by atoms with E-state index < -0.39 is 0 Å². The highest BCUT2D eigenvalue weighted by atomic mass is 35.5. The molecule has 1 atom stereocenters. The van der Waals surface area contributed by atoms with Crippen molar-refractivity contribution in [2.75, 3.05) is 33.0 Å². The van der Waals surface area contributed by atoms with E-state index in [0.29, 0.717) is 43.7 Å². The number of amides is 1. The molecule has 2 aromatic carbocycles. The maximum absolute atomic E-state index is 13.2. The van der Waals surface area contributed by atoms with E-state index in [2.05, 4.69) is 4.98 Å². The van der Waals surface area contributed by atoms with Crippen LogP contribution in [-0.2, 0) is 20.6 Å². The van der Waals surface area contributed by atoms with Crippen molar-refractivity contribution in [1.29, 1.82) is 0 Å². The molecule has 0 spiro atoms. The van der Waals surface area contributed by atoms with Crippen LogP contribution in [0.4, 0.5) is 4.79 Å². The number of carbonyl (C=O) groups is 1. The number of H-pyrrole nitrogens is 1. The van der Waals surface area contributed by atoms with E-state index in [1.54, 1.807) is 4.90 Å². The quantitative estimate of drug-likeness (QED) is 0.488. The molecule has 1 unspecified atom stereocenters. The summed E-state index contributed by atoms with van der Waals surface area (Å²) in [5.41, 5.74) is 4.03. The number of fused-ring (bicyclic) bond motifs is 3. The lowest BCUT2D eigenvalue weighted by molar-refractivity contribution is -0.0684. The number of benzene rings is 2. The summed E-state index contributed by atoms with van der Waals surface area (Å²) in [5.74, 6) is 0.717. The van der Waals surface area contributed by atoms with Crippen LogP contribution in [0.1, 0.15) is 43.6 Å². The first-order valence-electron chi connectivity index (χ1n) is 12.0. The fraction of sp³-hybridized carbons (Fsp3) is 0.444. The van der Waals surface area contributed by atoms with Crippen molar-refractivity contribution in [3.63, 3.8) is 0 Å². The molecular weight excluding hydrogens is 468 g/mol. The Balaban J connectivity index is 1.45. The number of aromatic amines is 1. The van der Waals surface area contributed by atoms with Crippen molar-refractivity contribution < 1.29 is 23.7 Å². The first-order valence-corrected chi connectivity index (χ1v) is 12.4. The van der Waals surface area contributed by atoms with Gasteiger partial charge in [0.15, 0.2) is 6.29 Å². The van der Waals surface area contributed by atoms with Gasteiger partial charge in [0.25, 0.3) is 0 Å². The molecule has 3 aromatic rings. The van der Waals surface area contributed by atoms with Gasteiger partial charge >= 0.3 is 6.09 Å². The fourth-order valence-corrected chi connectivity index (χ4v) is 4.75. The average Bonchev–Trinajstić information content (AvgIpc) is 3.48. The fourth-order valence-electron chi connectivity index (χ4n) is 4.58. The Morgan fingerprint density at radius 2 is 1.89 bits per heavy atom. The number of ether oxygens (including phenoxy) is 4. The highest BCUT2D eigenvalue weighted by Crippen LogP contribution is 2.40. The van der Waals surface area contributed by atoms with E-state index in [1.165, 1.54) is 5.56 Å². The standard InChI is InChI=1S/C27H31ClN2O5/c1-27(2,3)16-35-26(31)30-11-10-20-21-14-18(28)6-9-22(21)29-24(20)25(30)17-4-7-19(8-5-17)34-15-23-32-12-13-33-23/h4-9,14,23,25,29H,10-13,15-16H2,1-3H3. The zero-order valence-corrected chi connectivity index (χ0v) is 21.1. The third kappa shape index (κ3) is 5.27. The molecule has 1 N–H and O–H groups in total. The molecule has 0 radical (unpaired) electrons. The van der Waals surface area contributed by atoms with Crippen LogP contribution in [0.2, 0.25) is 5.02 Å². The topological polar surface area (TPSA) is 73.0 Å². The third-order valence-corrected chi connectivity index (χ3v) is 6.46. The molecule has 186 valence electrons. The molecule has 2 aliphatic heterocycles. The summed E-state index contributed by atoms with van der Waals surface area (Å²) in [6.45, 7) is 8.56. The molecule has 1 fully saturated rings. The molecule has 1 saturated heterocycles. The number of halogens is 1. The minimum atomic E-state index is -0.332. The van der Waals surface area contributed by atoms with Crippen LogP contribution in [0.15, 0.2) is 42.5 Å². The van der Waals surface area contributed by atoms with Gasteiger partial charge in [-0.05, 0) is 53.3 Å². The number of hydrogen-bond donors (Lipinski definition) is 1.